The van der Waals surface area contributed by atoms with Gasteiger partial charge in [-0.2, -0.15) is 30.7 Å². The first-order chi connectivity index (χ1) is 8.90. The van der Waals surface area contributed by atoms with Gasteiger partial charge in [-0.15, -0.1) is 0 Å². The Labute approximate surface area is 121 Å². The normalized spacial score (nSPS) is 13.4. The van der Waals surface area contributed by atoms with Gasteiger partial charge in [0.15, 0.2) is 0 Å². The Morgan fingerprint density at radius 3 is 1.65 bits per heavy atom. The SMILES string of the molecule is CCCN(CCC)C(=S)SC(F)(F)C(F)(F)C(F)(F)F. The van der Waals surface area contributed by atoms with E-state index in [1.807, 2.05) is 0 Å². The van der Waals surface area contributed by atoms with E-state index in [1.54, 1.807) is 13.8 Å². The zero-order chi connectivity index (χ0) is 16.2. The van der Waals surface area contributed by atoms with Gasteiger partial charge in [0.1, 0.15) is 4.32 Å². The first-order valence-electron chi connectivity index (χ1n) is 5.71. The van der Waals surface area contributed by atoms with Crippen LogP contribution in [0.4, 0.5) is 30.7 Å². The number of alkyl halides is 7. The summed E-state index contributed by atoms with van der Waals surface area (Å²) in [5, 5.41) is -5.35. The number of thiocarbonyl (C=S) groups is 1. The molecular formula is C10H14F7NS2. The summed E-state index contributed by atoms with van der Waals surface area (Å²) in [7, 11) is 0. The zero-order valence-electron chi connectivity index (χ0n) is 10.7. The first-order valence-corrected chi connectivity index (χ1v) is 6.93. The lowest BCUT2D eigenvalue weighted by atomic mass is 10.3. The van der Waals surface area contributed by atoms with Crippen LogP contribution in [-0.2, 0) is 0 Å². The van der Waals surface area contributed by atoms with Gasteiger partial charge in [0, 0.05) is 13.1 Å². The van der Waals surface area contributed by atoms with Crippen LogP contribution >= 0.6 is 24.0 Å². The Kier molecular flexibility index (Phi) is 7.06. The second-order valence-electron chi connectivity index (χ2n) is 3.94. The van der Waals surface area contributed by atoms with Crippen molar-refractivity contribution in [1.29, 1.82) is 0 Å². The summed E-state index contributed by atoms with van der Waals surface area (Å²) in [5.74, 6) is -6.14. The van der Waals surface area contributed by atoms with Crippen LogP contribution < -0.4 is 0 Å². The molecule has 0 bridgehead atoms. The van der Waals surface area contributed by atoms with E-state index in [0.717, 1.165) is 0 Å². The highest BCUT2D eigenvalue weighted by atomic mass is 32.2. The maximum atomic E-state index is 13.2. The lowest BCUT2D eigenvalue weighted by Crippen LogP contribution is -2.51. The molecule has 0 fully saturated rings. The predicted molar refractivity (Wildman–Crippen MR) is 68.3 cm³/mol. The van der Waals surface area contributed by atoms with E-state index >= 15 is 0 Å². The number of thioether (sulfide) groups is 1. The van der Waals surface area contributed by atoms with E-state index in [2.05, 4.69) is 12.2 Å². The Morgan fingerprint density at radius 1 is 0.950 bits per heavy atom. The van der Waals surface area contributed by atoms with Crippen LogP contribution in [0.2, 0.25) is 0 Å². The lowest BCUT2D eigenvalue weighted by Gasteiger charge is -2.30. The van der Waals surface area contributed by atoms with E-state index in [1.165, 1.54) is 4.90 Å². The molecule has 0 saturated heterocycles. The second kappa shape index (κ2) is 7.15. The molecule has 0 heterocycles. The van der Waals surface area contributed by atoms with Crippen molar-refractivity contribution in [3.63, 3.8) is 0 Å². The van der Waals surface area contributed by atoms with Gasteiger partial charge in [-0.05, 0) is 24.6 Å². The Morgan fingerprint density at radius 2 is 1.35 bits per heavy atom. The highest BCUT2D eigenvalue weighted by Gasteiger charge is 2.73. The summed E-state index contributed by atoms with van der Waals surface area (Å²) in [5.41, 5.74) is 0. The summed E-state index contributed by atoms with van der Waals surface area (Å²) in [6.45, 7) is 3.84. The van der Waals surface area contributed by atoms with Crippen LogP contribution in [0.25, 0.3) is 0 Å². The quantitative estimate of drug-likeness (QED) is 0.497. The van der Waals surface area contributed by atoms with Gasteiger partial charge in [-0.3, -0.25) is 0 Å². The molecule has 0 rings (SSSR count). The predicted octanol–water partition coefficient (Wildman–Crippen LogP) is 4.92. The second-order valence-corrected chi connectivity index (χ2v) is 5.69. The summed E-state index contributed by atoms with van der Waals surface area (Å²) in [6.07, 6.45) is -5.33. The van der Waals surface area contributed by atoms with Gasteiger partial charge < -0.3 is 4.90 Å². The first kappa shape index (κ1) is 19.8. The van der Waals surface area contributed by atoms with E-state index in [4.69, 9.17) is 0 Å². The Balaban J connectivity index is 5.03. The molecule has 0 unspecified atom stereocenters. The summed E-state index contributed by atoms with van der Waals surface area (Å²) in [6, 6.07) is 0. The third-order valence-electron chi connectivity index (χ3n) is 2.18. The van der Waals surface area contributed by atoms with E-state index < -0.39 is 33.4 Å². The minimum Gasteiger partial charge on any atom is -0.357 e. The molecule has 0 saturated carbocycles. The average Bonchev–Trinajstić information content (AvgIpc) is 2.26. The molecule has 0 amide bonds. The molecule has 0 aliphatic carbocycles. The van der Waals surface area contributed by atoms with Crippen LogP contribution in [0.3, 0.4) is 0 Å². The third kappa shape index (κ3) is 4.64. The van der Waals surface area contributed by atoms with Crippen molar-refractivity contribution in [2.24, 2.45) is 0 Å². The molecule has 0 aromatic rings. The molecule has 0 atom stereocenters. The summed E-state index contributed by atoms with van der Waals surface area (Å²) >= 11 is 3.63. The van der Waals surface area contributed by atoms with E-state index in [9.17, 15) is 30.7 Å². The highest BCUT2D eigenvalue weighted by Crippen LogP contribution is 2.52. The fourth-order valence-electron chi connectivity index (χ4n) is 1.24. The van der Waals surface area contributed by atoms with Crippen molar-refractivity contribution < 1.29 is 30.7 Å². The molecule has 0 aliphatic heterocycles. The average molecular weight is 345 g/mol. The Bertz CT molecular complexity index is 324. The topological polar surface area (TPSA) is 3.24 Å². The van der Waals surface area contributed by atoms with E-state index in [0.29, 0.717) is 12.8 Å². The van der Waals surface area contributed by atoms with Crippen LogP contribution in [0.1, 0.15) is 26.7 Å². The number of hydrogen-bond donors (Lipinski definition) is 0. The van der Waals surface area contributed by atoms with Gasteiger partial charge in [0.2, 0.25) is 0 Å². The van der Waals surface area contributed by atoms with Crippen molar-refractivity contribution in [3.8, 4) is 0 Å². The van der Waals surface area contributed by atoms with Gasteiger partial charge in [-0.1, -0.05) is 26.1 Å². The summed E-state index contributed by atoms with van der Waals surface area (Å²) < 4.78 is 87.1. The van der Waals surface area contributed by atoms with Crippen LogP contribution in [0.5, 0.6) is 0 Å². The van der Waals surface area contributed by atoms with Crippen LogP contribution in [0, 0.1) is 0 Å². The highest BCUT2D eigenvalue weighted by molar-refractivity contribution is 8.23. The fourth-order valence-corrected chi connectivity index (χ4v) is 2.51. The minimum atomic E-state index is -6.33. The largest absolute Gasteiger partial charge is 0.460 e. The summed E-state index contributed by atoms with van der Waals surface area (Å²) in [4.78, 5) is 1.19. The molecule has 0 aliphatic rings. The third-order valence-corrected chi connectivity index (χ3v) is 3.64. The zero-order valence-corrected chi connectivity index (χ0v) is 12.4. The molecule has 0 spiro atoms. The maximum absolute atomic E-state index is 13.2. The van der Waals surface area contributed by atoms with Gasteiger partial charge in [-0.25, -0.2) is 0 Å². The minimum absolute atomic E-state index is 0.216. The number of rotatable bonds is 6. The number of hydrogen-bond acceptors (Lipinski definition) is 2. The maximum Gasteiger partial charge on any atom is 0.460 e. The lowest BCUT2D eigenvalue weighted by molar-refractivity contribution is -0.330. The molecule has 0 aromatic heterocycles. The molecule has 0 aromatic carbocycles. The van der Waals surface area contributed by atoms with Crippen molar-refractivity contribution in [1.82, 2.24) is 4.90 Å². The van der Waals surface area contributed by atoms with Crippen molar-refractivity contribution in [3.05, 3.63) is 0 Å². The van der Waals surface area contributed by atoms with Crippen molar-refractivity contribution in [2.75, 3.05) is 13.1 Å². The fraction of sp³-hybridized carbons (Fsp3) is 0.900. The van der Waals surface area contributed by atoms with Crippen molar-refractivity contribution in [2.45, 2.75) is 44.0 Å². The van der Waals surface area contributed by atoms with Gasteiger partial charge >= 0.3 is 17.4 Å². The van der Waals surface area contributed by atoms with E-state index in [-0.39, 0.29) is 13.1 Å². The van der Waals surface area contributed by atoms with Gasteiger partial charge in [0.05, 0.1) is 0 Å². The molecule has 0 N–H and O–H groups in total. The molecule has 20 heavy (non-hydrogen) atoms. The van der Waals surface area contributed by atoms with Crippen molar-refractivity contribution >= 4 is 28.3 Å². The molecular weight excluding hydrogens is 331 g/mol. The number of nitrogens with zero attached hydrogens (tertiary/aromatic N) is 1. The number of halogens is 7. The smallest absolute Gasteiger partial charge is 0.357 e. The van der Waals surface area contributed by atoms with Gasteiger partial charge in [0.25, 0.3) is 0 Å². The molecule has 120 valence electrons. The monoisotopic (exact) mass is 345 g/mol. The molecule has 10 heteroatoms. The van der Waals surface area contributed by atoms with Crippen LogP contribution in [0.15, 0.2) is 0 Å². The Hall–Kier alpha value is -0.250. The standard InChI is InChI=1S/C10H14F7NS2/c1-3-5-18(6-4-2)7(19)20-10(16,17)8(11,12)9(13,14)15/h3-6H2,1-2H3. The molecule has 0 radical (unpaired) electrons. The molecule has 1 nitrogen and oxygen atoms in total. The van der Waals surface area contributed by atoms with Crippen LogP contribution in [-0.4, -0.2) is 39.7 Å².